The first-order valence-corrected chi connectivity index (χ1v) is 14.1. The Bertz CT molecular complexity index is 2140. The average molecular weight is 525 g/mol. The molecule has 0 unspecified atom stereocenters. The number of hydrogen-bond acceptors (Lipinski definition) is 2. The summed E-state index contributed by atoms with van der Waals surface area (Å²) < 4.78 is 15.7. The third-order valence-corrected chi connectivity index (χ3v) is 8.64. The first kappa shape index (κ1) is 22.6. The van der Waals surface area contributed by atoms with Crippen molar-refractivity contribution in [1.29, 1.82) is 0 Å². The fourth-order valence-corrected chi connectivity index (χ4v) is 6.87. The van der Waals surface area contributed by atoms with Crippen LogP contribution in [0.3, 0.4) is 0 Å². The van der Waals surface area contributed by atoms with Crippen molar-refractivity contribution in [2.75, 3.05) is 0 Å². The van der Waals surface area contributed by atoms with Crippen LogP contribution >= 0.6 is 0 Å². The summed E-state index contributed by atoms with van der Waals surface area (Å²) >= 11 is 0. The second-order valence-electron chi connectivity index (χ2n) is 10.9. The predicted octanol–water partition coefficient (Wildman–Crippen LogP) is 7.49. The summed E-state index contributed by atoms with van der Waals surface area (Å²) in [5.41, 5.74) is 10.3. The van der Waals surface area contributed by atoms with E-state index in [4.69, 9.17) is 9.47 Å². The Morgan fingerprint density at radius 1 is 0.561 bits per heavy atom. The largest absolute Gasteiger partial charge is 0.458 e. The Morgan fingerprint density at radius 2 is 1.20 bits per heavy atom. The molecular weight excluding hydrogens is 501 g/mol. The molecule has 6 aromatic carbocycles. The van der Waals surface area contributed by atoms with E-state index in [1.165, 1.54) is 32.7 Å². The molecule has 3 heterocycles. The lowest BCUT2D eigenvalue weighted by Crippen LogP contribution is -2.57. The van der Waals surface area contributed by atoms with E-state index < -0.39 is 0 Å². The van der Waals surface area contributed by atoms with Gasteiger partial charge in [-0.1, -0.05) is 91.0 Å². The van der Waals surface area contributed by atoms with Gasteiger partial charge in [-0.2, -0.15) is 0 Å². The van der Waals surface area contributed by atoms with Crippen molar-refractivity contribution >= 4 is 44.9 Å². The zero-order valence-corrected chi connectivity index (χ0v) is 22.5. The molecular formula is C37H24BNO2. The number of ether oxygens (including phenoxy) is 2. The SMILES string of the molecule is Cc1cccc2c1Oc1cc(-c3ccccc3-n3c4ccccc4c4ccccc43)cc3c1B2c1ccccc1O3. The Morgan fingerprint density at radius 3 is 2.00 bits per heavy atom. The molecule has 4 heteroatoms. The lowest BCUT2D eigenvalue weighted by atomic mass is 9.34. The molecule has 0 radical (unpaired) electrons. The number of rotatable bonds is 2. The molecule has 41 heavy (non-hydrogen) atoms. The topological polar surface area (TPSA) is 23.4 Å². The number of nitrogens with zero attached hydrogens (tertiary/aromatic N) is 1. The number of aromatic nitrogens is 1. The maximum Gasteiger partial charge on any atom is 0.260 e. The van der Waals surface area contributed by atoms with Gasteiger partial charge in [0, 0.05) is 21.8 Å². The molecule has 0 bridgehead atoms. The van der Waals surface area contributed by atoms with Crippen LogP contribution < -0.4 is 25.9 Å². The molecule has 0 aliphatic carbocycles. The van der Waals surface area contributed by atoms with Gasteiger partial charge in [-0.15, -0.1) is 0 Å². The summed E-state index contributed by atoms with van der Waals surface area (Å²) in [6.45, 7) is 2.19. The molecule has 2 aliphatic rings. The lowest BCUT2D eigenvalue weighted by Gasteiger charge is -2.34. The lowest BCUT2D eigenvalue weighted by molar-refractivity contribution is 0.463. The fraction of sp³-hybridized carbons (Fsp3) is 0.0270. The monoisotopic (exact) mass is 525 g/mol. The molecule has 9 rings (SSSR count). The van der Waals surface area contributed by atoms with Crippen molar-refractivity contribution in [2.45, 2.75) is 6.92 Å². The van der Waals surface area contributed by atoms with Gasteiger partial charge in [-0.05, 0) is 65.4 Å². The van der Waals surface area contributed by atoms with Gasteiger partial charge < -0.3 is 14.0 Å². The number of para-hydroxylation sites is 5. The van der Waals surface area contributed by atoms with Crippen molar-refractivity contribution in [3.05, 3.63) is 133 Å². The molecule has 0 saturated carbocycles. The van der Waals surface area contributed by atoms with E-state index in [1.54, 1.807) is 0 Å². The van der Waals surface area contributed by atoms with Crippen LogP contribution in [0, 0.1) is 6.92 Å². The van der Waals surface area contributed by atoms with Crippen molar-refractivity contribution in [3.63, 3.8) is 0 Å². The molecule has 1 aromatic heterocycles. The quantitative estimate of drug-likeness (QED) is 0.219. The minimum atomic E-state index is 0.0650. The molecule has 2 aliphatic heterocycles. The highest BCUT2D eigenvalue weighted by molar-refractivity contribution is 6.98. The second kappa shape index (κ2) is 8.39. The van der Waals surface area contributed by atoms with E-state index in [9.17, 15) is 0 Å². The molecule has 192 valence electrons. The van der Waals surface area contributed by atoms with Crippen LogP contribution in [-0.4, -0.2) is 11.3 Å². The van der Waals surface area contributed by atoms with Crippen molar-refractivity contribution in [2.24, 2.45) is 0 Å². The van der Waals surface area contributed by atoms with Gasteiger partial charge in [0.1, 0.15) is 23.0 Å². The Labute approximate surface area is 238 Å². The third-order valence-electron chi connectivity index (χ3n) is 8.64. The maximum absolute atomic E-state index is 6.72. The van der Waals surface area contributed by atoms with E-state index in [0.29, 0.717) is 0 Å². The van der Waals surface area contributed by atoms with Gasteiger partial charge in [0.25, 0.3) is 6.71 Å². The molecule has 0 spiro atoms. The first-order chi connectivity index (χ1) is 20.3. The molecule has 0 atom stereocenters. The summed E-state index contributed by atoms with van der Waals surface area (Å²) in [5, 5.41) is 2.49. The van der Waals surface area contributed by atoms with Crippen LogP contribution in [0.1, 0.15) is 5.56 Å². The number of hydrogen-bond donors (Lipinski definition) is 0. The van der Waals surface area contributed by atoms with E-state index in [0.717, 1.165) is 50.8 Å². The van der Waals surface area contributed by atoms with Crippen LogP contribution in [0.4, 0.5) is 0 Å². The van der Waals surface area contributed by atoms with Gasteiger partial charge in [0.05, 0.1) is 16.7 Å². The summed E-state index contributed by atoms with van der Waals surface area (Å²) in [7, 11) is 0. The van der Waals surface area contributed by atoms with E-state index in [1.807, 2.05) is 6.07 Å². The van der Waals surface area contributed by atoms with Crippen LogP contribution in [0.5, 0.6) is 23.0 Å². The van der Waals surface area contributed by atoms with Crippen LogP contribution in [-0.2, 0) is 0 Å². The van der Waals surface area contributed by atoms with Gasteiger partial charge in [-0.3, -0.25) is 0 Å². The summed E-state index contributed by atoms with van der Waals surface area (Å²) in [6, 6.07) is 45.1. The van der Waals surface area contributed by atoms with Crippen LogP contribution in [0.2, 0.25) is 0 Å². The Kier molecular flexibility index (Phi) is 4.62. The molecule has 0 fully saturated rings. The average Bonchev–Trinajstić information content (AvgIpc) is 3.35. The summed E-state index contributed by atoms with van der Waals surface area (Å²) in [5.74, 6) is 3.56. The molecule has 7 aromatic rings. The van der Waals surface area contributed by atoms with Crippen LogP contribution in [0.25, 0.3) is 38.6 Å². The number of fused-ring (bicyclic) bond motifs is 7. The van der Waals surface area contributed by atoms with Gasteiger partial charge >= 0.3 is 0 Å². The van der Waals surface area contributed by atoms with Gasteiger partial charge in [-0.25, -0.2) is 0 Å². The van der Waals surface area contributed by atoms with E-state index >= 15 is 0 Å². The Balaban J connectivity index is 1.31. The van der Waals surface area contributed by atoms with E-state index in [2.05, 4.69) is 133 Å². The van der Waals surface area contributed by atoms with Crippen molar-refractivity contribution in [3.8, 4) is 39.8 Å². The normalized spacial score (nSPS) is 12.9. The second-order valence-corrected chi connectivity index (χ2v) is 10.9. The molecule has 0 amide bonds. The van der Waals surface area contributed by atoms with Gasteiger partial charge in [0.15, 0.2) is 0 Å². The minimum Gasteiger partial charge on any atom is -0.458 e. The third kappa shape index (κ3) is 3.16. The smallest absolute Gasteiger partial charge is 0.260 e. The minimum absolute atomic E-state index is 0.0650. The Hall–Kier alpha value is -5.22. The maximum atomic E-state index is 6.72. The van der Waals surface area contributed by atoms with Crippen LogP contribution in [0.15, 0.2) is 127 Å². The van der Waals surface area contributed by atoms with Crippen molar-refractivity contribution in [1.82, 2.24) is 4.57 Å². The summed E-state index contributed by atoms with van der Waals surface area (Å²) in [6.07, 6.45) is 0. The highest BCUT2D eigenvalue weighted by Crippen LogP contribution is 2.41. The fourth-order valence-electron chi connectivity index (χ4n) is 6.87. The summed E-state index contributed by atoms with van der Waals surface area (Å²) in [4.78, 5) is 0. The highest BCUT2D eigenvalue weighted by atomic mass is 16.5. The number of benzene rings is 6. The molecule has 0 saturated heterocycles. The van der Waals surface area contributed by atoms with Crippen molar-refractivity contribution < 1.29 is 9.47 Å². The zero-order valence-electron chi connectivity index (χ0n) is 22.5. The highest BCUT2D eigenvalue weighted by Gasteiger charge is 2.40. The first-order valence-electron chi connectivity index (χ1n) is 14.1. The zero-order chi connectivity index (χ0) is 27.1. The van der Waals surface area contributed by atoms with E-state index in [-0.39, 0.29) is 6.71 Å². The predicted molar refractivity (Wildman–Crippen MR) is 169 cm³/mol. The standard InChI is InChI=1S/C37H24BNO2/c1-23-11-10-16-29-37(23)41-35-22-24(21-34-36(35)38(29)28-15-5-9-20-33(28)40-34)25-12-2-6-17-30(25)39-31-18-7-3-13-26(31)27-14-4-8-19-32(27)39/h2-22H,1H3. The van der Waals surface area contributed by atoms with Gasteiger partial charge in [0.2, 0.25) is 0 Å². The molecule has 0 N–H and O–H groups in total. The molecule has 3 nitrogen and oxygen atoms in total. The number of aryl methyl sites for hydroxylation is 1.